The van der Waals surface area contributed by atoms with Crippen LogP contribution in [0.2, 0.25) is 0 Å². The van der Waals surface area contributed by atoms with E-state index in [1.54, 1.807) is 43.2 Å². The lowest BCUT2D eigenvalue weighted by molar-refractivity contribution is 0.0600. The summed E-state index contributed by atoms with van der Waals surface area (Å²) < 4.78 is 22.6. The Bertz CT molecular complexity index is 1070. The number of carbonyl (C=O) groups is 1. The molecular weight excluding hydrogens is 406 g/mol. The summed E-state index contributed by atoms with van der Waals surface area (Å²) in [5, 5.41) is 4.49. The van der Waals surface area contributed by atoms with E-state index >= 15 is 0 Å². The first-order valence-corrected chi connectivity index (χ1v) is 9.52. The Kier molecular flexibility index (Phi) is 6.86. The van der Waals surface area contributed by atoms with Crippen molar-refractivity contribution >= 4 is 18.2 Å². The summed E-state index contributed by atoms with van der Waals surface area (Å²) in [6.07, 6.45) is 0. The molecule has 1 heterocycles. The average molecular weight is 429 g/mol. The molecule has 9 heteroatoms. The fraction of sp³-hybridized carbons (Fsp3) is 0.286. The molecule has 1 aromatic heterocycles. The molecule has 8 nitrogen and oxygen atoms in total. The Morgan fingerprint density at radius 1 is 1.10 bits per heavy atom. The van der Waals surface area contributed by atoms with Gasteiger partial charge in [-0.25, -0.2) is 9.48 Å². The minimum Gasteiger partial charge on any atom is -0.493 e. The van der Waals surface area contributed by atoms with Crippen molar-refractivity contribution in [2.45, 2.75) is 13.2 Å². The van der Waals surface area contributed by atoms with Crippen LogP contribution in [0, 0.1) is 4.84 Å². The van der Waals surface area contributed by atoms with Crippen molar-refractivity contribution < 1.29 is 23.4 Å². The fourth-order valence-electron chi connectivity index (χ4n) is 2.94. The van der Waals surface area contributed by atoms with Crippen LogP contribution in [-0.4, -0.2) is 49.0 Å². The van der Waals surface area contributed by atoms with Crippen molar-refractivity contribution in [3.8, 4) is 23.0 Å². The molecule has 2 aromatic carbocycles. The molecule has 0 spiro atoms. The van der Waals surface area contributed by atoms with Crippen molar-refractivity contribution in [3.63, 3.8) is 0 Å². The van der Waals surface area contributed by atoms with Gasteiger partial charge in [0, 0.05) is 12.1 Å². The lowest BCUT2D eigenvalue weighted by atomic mass is 10.1. The number of carbonyl (C=O) groups excluding carboxylic acids is 1. The summed E-state index contributed by atoms with van der Waals surface area (Å²) in [5.74, 6) is 1.25. The van der Waals surface area contributed by atoms with Gasteiger partial charge in [0.05, 0.1) is 33.6 Å². The number of benzene rings is 2. The van der Waals surface area contributed by atoms with Gasteiger partial charge in [0.2, 0.25) is 5.89 Å². The SMILES string of the molecule is COC(=O)c1ccc(CN(C)Cn2nc(-c3ccc(OC)c(OC)c3)oc2=S)cc1. The van der Waals surface area contributed by atoms with Gasteiger partial charge in [0.25, 0.3) is 4.84 Å². The van der Waals surface area contributed by atoms with E-state index in [4.69, 9.17) is 30.8 Å². The zero-order valence-corrected chi connectivity index (χ0v) is 18.1. The third kappa shape index (κ3) is 4.87. The normalized spacial score (nSPS) is 10.8. The van der Waals surface area contributed by atoms with Crippen molar-refractivity contribution in [1.82, 2.24) is 14.7 Å². The number of methoxy groups -OCH3 is 3. The Hall–Kier alpha value is -3.17. The van der Waals surface area contributed by atoms with E-state index in [-0.39, 0.29) is 10.8 Å². The van der Waals surface area contributed by atoms with Gasteiger partial charge < -0.3 is 18.6 Å². The van der Waals surface area contributed by atoms with E-state index in [2.05, 4.69) is 5.10 Å². The Balaban J connectivity index is 1.71. The van der Waals surface area contributed by atoms with Gasteiger partial charge in [0.1, 0.15) is 0 Å². The highest BCUT2D eigenvalue weighted by Gasteiger charge is 2.13. The first kappa shape index (κ1) is 21.5. The number of ether oxygens (including phenoxy) is 3. The lowest BCUT2D eigenvalue weighted by Gasteiger charge is -2.16. The maximum atomic E-state index is 11.5. The monoisotopic (exact) mass is 429 g/mol. The van der Waals surface area contributed by atoms with Gasteiger partial charge in [-0.2, -0.15) is 0 Å². The minimum atomic E-state index is -0.355. The maximum absolute atomic E-state index is 11.5. The van der Waals surface area contributed by atoms with E-state index in [9.17, 15) is 4.79 Å². The molecule has 30 heavy (non-hydrogen) atoms. The number of aromatic nitrogens is 2. The number of esters is 1. The summed E-state index contributed by atoms with van der Waals surface area (Å²) in [4.78, 5) is 13.8. The highest BCUT2D eigenvalue weighted by Crippen LogP contribution is 2.31. The van der Waals surface area contributed by atoms with Crippen LogP contribution in [0.3, 0.4) is 0 Å². The second-order valence-electron chi connectivity index (χ2n) is 6.59. The Morgan fingerprint density at radius 3 is 2.43 bits per heavy atom. The molecule has 0 atom stereocenters. The number of rotatable bonds is 8. The van der Waals surface area contributed by atoms with Crippen LogP contribution < -0.4 is 9.47 Å². The average Bonchev–Trinajstić information content (AvgIpc) is 3.13. The Morgan fingerprint density at radius 2 is 1.80 bits per heavy atom. The fourth-order valence-corrected chi connectivity index (χ4v) is 3.11. The van der Waals surface area contributed by atoms with E-state index in [0.717, 1.165) is 11.1 Å². The standard InChI is InChI=1S/C21H23N3O5S/c1-23(12-14-5-7-15(8-6-14)20(25)28-4)13-24-21(30)29-19(22-24)16-9-10-17(26-2)18(11-16)27-3/h5-11H,12-13H2,1-4H3. The van der Waals surface area contributed by atoms with E-state index in [1.165, 1.54) is 7.11 Å². The summed E-state index contributed by atoms with van der Waals surface area (Å²) in [6.45, 7) is 1.08. The van der Waals surface area contributed by atoms with Gasteiger partial charge in [-0.05, 0) is 55.2 Å². The third-order valence-electron chi connectivity index (χ3n) is 4.44. The van der Waals surface area contributed by atoms with E-state index < -0.39 is 0 Å². The molecule has 158 valence electrons. The summed E-state index contributed by atoms with van der Waals surface area (Å²) >= 11 is 5.32. The minimum absolute atomic E-state index is 0.271. The van der Waals surface area contributed by atoms with E-state index in [0.29, 0.717) is 36.2 Å². The highest BCUT2D eigenvalue weighted by molar-refractivity contribution is 7.71. The largest absolute Gasteiger partial charge is 0.493 e. The predicted molar refractivity (Wildman–Crippen MR) is 113 cm³/mol. The van der Waals surface area contributed by atoms with Crippen LogP contribution in [-0.2, 0) is 18.0 Å². The zero-order valence-electron chi connectivity index (χ0n) is 17.2. The van der Waals surface area contributed by atoms with Gasteiger partial charge in [-0.15, -0.1) is 5.10 Å². The van der Waals surface area contributed by atoms with Crippen molar-refractivity contribution in [2.75, 3.05) is 28.4 Å². The van der Waals surface area contributed by atoms with Gasteiger partial charge in [0.15, 0.2) is 11.5 Å². The van der Waals surface area contributed by atoms with Crippen LogP contribution in [0.15, 0.2) is 46.9 Å². The van der Waals surface area contributed by atoms with Crippen LogP contribution in [0.5, 0.6) is 11.5 Å². The molecule has 0 bridgehead atoms. The maximum Gasteiger partial charge on any atom is 0.337 e. The molecule has 0 radical (unpaired) electrons. The smallest absolute Gasteiger partial charge is 0.337 e. The van der Waals surface area contributed by atoms with E-state index in [1.807, 2.05) is 30.1 Å². The highest BCUT2D eigenvalue weighted by atomic mass is 32.1. The first-order chi connectivity index (χ1) is 14.4. The molecular formula is C21H23N3O5S. The van der Waals surface area contributed by atoms with Crippen LogP contribution >= 0.6 is 12.2 Å². The van der Waals surface area contributed by atoms with Crippen molar-refractivity contribution in [2.24, 2.45) is 0 Å². The van der Waals surface area contributed by atoms with Gasteiger partial charge in [-0.3, -0.25) is 4.90 Å². The van der Waals surface area contributed by atoms with Crippen LogP contribution in [0.1, 0.15) is 15.9 Å². The first-order valence-electron chi connectivity index (χ1n) is 9.11. The molecule has 3 rings (SSSR count). The topological polar surface area (TPSA) is 79.0 Å². The molecule has 0 aliphatic heterocycles. The molecule has 0 N–H and O–H groups in total. The molecule has 0 aliphatic rings. The van der Waals surface area contributed by atoms with Gasteiger partial charge >= 0.3 is 5.97 Å². The summed E-state index contributed by atoms with van der Waals surface area (Å²) in [5.41, 5.74) is 2.29. The molecule has 0 fully saturated rings. The molecule has 0 amide bonds. The summed E-state index contributed by atoms with van der Waals surface area (Å²) in [7, 11) is 6.46. The van der Waals surface area contributed by atoms with Gasteiger partial charge in [-0.1, -0.05) is 12.1 Å². The molecule has 0 aliphatic carbocycles. The molecule has 3 aromatic rings. The third-order valence-corrected chi connectivity index (χ3v) is 4.73. The van der Waals surface area contributed by atoms with Crippen molar-refractivity contribution in [3.05, 3.63) is 58.4 Å². The number of hydrogen-bond acceptors (Lipinski definition) is 8. The Labute approximate surface area is 179 Å². The van der Waals surface area contributed by atoms with Crippen LogP contribution in [0.4, 0.5) is 0 Å². The zero-order chi connectivity index (χ0) is 21.7. The lowest BCUT2D eigenvalue weighted by Crippen LogP contribution is -2.22. The second-order valence-corrected chi connectivity index (χ2v) is 6.94. The summed E-state index contributed by atoms with van der Waals surface area (Å²) in [6, 6.07) is 12.7. The van der Waals surface area contributed by atoms with Crippen molar-refractivity contribution in [1.29, 1.82) is 0 Å². The molecule has 0 saturated carbocycles. The van der Waals surface area contributed by atoms with Crippen LogP contribution in [0.25, 0.3) is 11.5 Å². The molecule has 0 unspecified atom stereocenters. The number of hydrogen-bond donors (Lipinski definition) is 0. The molecule has 0 saturated heterocycles. The number of nitrogens with zero attached hydrogens (tertiary/aromatic N) is 3. The second kappa shape index (κ2) is 9.55. The quantitative estimate of drug-likeness (QED) is 0.396. The predicted octanol–water partition coefficient (Wildman–Crippen LogP) is 3.77.